The molecule has 0 aliphatic heterocycles. The number of hydrogen-bond donors (Lipinski definition) is 3. The molecule has 0 saturated heterocycles. The number of halogens is 1. The number of amides is 2. The van der Waals surface area contributed by atoms with Crippen LogP contribution in [0.25, 0.3) is 0 Å². The maximum atomic E-state index is 13.2. The summed E-state index contributed by atoms with van der Waals surface area (Å²) in [5, 5.41) is 5.03. The summed E-state index contributed by atoms with van der Waals surface area (Å²) in [6.45, 7) is 2.60. The minimum Gasteiger partial charge on any atom is -0.399 e. The molecule has 16 heavy (non-hydrogen) atoms. The summed E-state index contributed by atoms with van der Waals surface area (Å²) in [7, 11) is 0. The Morgan fingerprint density at radius 3 is 2.94 bits per heavy atom. The Kier molecular flexibility index (Phi) is 4.57. The van der Waals surface area contributed by atoms with Crippen LogP contribution in [0.4, 0.5) is 20.6 Å². The van der Waals surface area contributed by atoms with Crippen LogP contribution in [0.1, 0.15) is 19.8 Å². The number of benzene rings is 1. The van der Waals surface area contributed by atoms with E-state index in [0.717, 1.165) is 12.8 Å². The first-order valence-electron chi connectivity index (χ1n) is 5.23. The van der Waals surface area contributed by atoms with Gasteiger partial charge in [0, 0.05) is 12.2 Å². The van der Waals surface area contributed by atoms with Gasteiger partial charge in [-0.1, -0.05) is 13.3 Å². The molecule has 0 saturated carbocycles. The number of anilines is 2. The monoisotopic (exact) mass is 225 g/mol. The third-order valence-electron chi connectivity index (χ3n) is 2.05. The molecule has 0 heterocycles. The van der Waals surface area contributed by atoms with Gasteiger partial charge in [-0.15, -0.1) is 0 Å². The van der Waals surface area contributed by atoms with Gasteiger partial charge in [0.25, 0.3) is 0 Å². The van der Waals surface area contributed by atoms with E-state index in [1.165, 1.54) is 18.2 Å². The van der Waals surface area contributed by atoms with Crippen molar-refractivity contribution in [1.29, 1.82) is 0 Å². The van der Waals surface area contributed by atoms with Crippen molar-refractivity contribution < 1.29 is 9.18 Å². The van der Waals surface area contributed by atoms with Gasteiger partial charge in [-0.2, -0.15) is 0 Å². The molecule has 4 nitrogen and oxygen atoms in total. The largest absolute Gasteiger partial charge is 0.399 e. The molecule has 0 fully saturated rings. The van der Waals surface area contributed by atoms with Gasteiger partial charge in [0.2, 0.25) is 0 Å². The maximum absolute atomic E-state index is 13.2. The van der Waals surface area contributed by atoms with E-state index < -0.39 is 11.8 Å². The molecule has 2 amide bonds. The zero-order valence-electron chi connectivity index (χ0n) is 9.22. The third kappa shape index (κ3) is 3.76. The van der Waals surface area contributed by atoms with E-state index >= 15 is 0 Å². The Morgan fingerprint density at radius 2 is 2.25 bits per heavy atom. The Labute approximate surface area is 94.0 Å². The molecule has 0 aliphatic carbocycles. The van der Waals surface area contributed by atoms with Gasteiger partial charge in [-0.3, -0.25) is 0 Å². The molecule has 0 spiro atoms. The van der Waals surface area contributed by atoms with Crippen molar-refractivity contribution in [2.24, 2.45) is 0 Å². The second kappa shape index (κ2) is 5.95. The lowest BCUT2D eigenvalue weighted by Gasteiger charge is -2.08. The van der Waals surface area contributed by atoms with Gasteiger partial charge < -0.3 is 16.4 Å². The van der Waals surface area contributed by atoms with E-state index in [0.29, 0.717) is 12.2 Å². The molecular weight excluding hydrogens is 209 g/mol. The Bertz CT molecular complexity index is 368. The maximum Gasteiger partial charge on any atom is 0.319 e. The number of hydrogen-bond acceptors (Lipinski definition) is 2. The number of carbonyl (C=O) groups excluding carboxylic acids is 1. The number of carbonyl (C=O) groups is 1. The molecule has 0 atom stereocenters. The van der Waals surface area contributed by atoms with Crippen LogP contribution in [0.5, 0.6) is 0 Å². The van der Waals surface area contributed by atoms with Crippen molar-refractivity contribution in [3.63, 3.8) is 0 Å². The minimum absolute atomic E-state index is 0.0917. The highest BCUT2D eigenvalue weighted by Gasteiger charge is 2.06. The summed E-state index contributed by atoms with van der Waals surface area (Å²) in [5.41, 5.74) is 5.99. The molecule has 88 valence electrons. The zero-order valence-corrected chi connectivity index (χ0v) is 9.22. The summed E-state index contributed by atoms with van der Waals surface area (Å²) in [5.74, 6) is -0.500. The number of urea groups is 1. The second-order valence-corrected chi connectivity index (χ2v) is 3.47. The number of nitrogens with two attached hydrogens (primary N) is 1. The molecule has 0 radical (unpaired) electrons. The van der Waals surface area contributed by atoms with Crippen LogP contribution in [0.2, 0.25) is 0 Å². The van der Waals surface area contributed by atoms with E-state index in [-0.39, 0.29) is 5.69 Å². The first kappa shape index (κ1) is 12.3. The summed E-state index contributed by atoms with van der Waals surface area (Å²) < 4.78 is 13.2. The lowest BCUT2D eigenvalue weighted by molar-refractivity contribution is 0.252. The summed E-state index contributed by atoms with van der Waals surface area (Å²) in [6.07, 6.45) is 1.89. The molecular formula is C11H16FN3O. The lowest BCUT2D eigenvalue weighted by atomic mass is 10.2. The van der Waals surface area contributed by atoms with Crippen molar-refractivity contribution in [2.75, 3.05) is 17.6 Å². The van der Waals surface area contributed by atoms with Crippen LogP contribution in [0.3, 0.4) is 0 Å². The van der Waals surface area contributed by atoms with E-state index in [1.54, 1.807) is 0 Å². The van der Waals surface area contributed by atoms with Crippen LogP contribution >= 0.6 is 0 Å². The molecule has 0 aliphatic rings. The normalized spacial score (nSPS) is 9.88. The van der Waals surface area contributed by atoms with E-state index in [1.807, 2.05) is 6.92 Å². The van der Waals surface area contributed by atoms with Crippen LogP contribution in [0.15, 0.2) is 18.2 Å². The summed E-state index contributed by atoms with van der Waals surface area (Å²) in [6, 6.07) is 3.62. The van der Waals surface area contributed by atoms with Crippen molar-refractivity contribution in [3.8, 4) is 0 Å². The molecule has 0 aromatic heterocycles. The van der Waals surface area contributed by atoms with Gasteiger partial charge in [-0.25, -0.2) is 9.18 Å². The summed E-state index contributed by atoms with van der Waals surface area (Å²) in [4.78, 5) is 11.3. The van der Waals surface area contributed by atoms with Crippen molar-refractivity contribution in [2.45, 2.75) is 19.8 Å². The number of rotatable bonds is 4. The SMILES string of the molecule is CCCCNC(=O)Nc1cc(N)ccc1F. The van der Waals surface area contributed by atoms with E-state index in [2.05, 4.69) is 10.6 Å². The molecule has 1 rings (SSSR count). The first-order chi connectivity index (χ1) is 7.63. The lowest BCUT2D eigenvalue weighted by Crippen LogP contribution is -2.29. The minimum atomic E-state index is -0.500. The van der Waals surface area contributed by atoms with E-state index in [9.17, 15) is 9.18 Å². The van der Waals surface area contributed by atoms with Crippen molar-refractivity contribution in [1.82, 2.24) is 5.32 Å². The van der Waals surface area contributed by atoms with Crippen LogP contribution < -0.4 is 16.4 Å². The quantitative estimate of drug-likeness (QED) is 0.543. The van der Waals surface area contributed by atoms with Crippen LogP contribution in [-0.2, 0) is 0 Å². The predicted molar refractivity (Wildman–Crippen MR) is 62.7 cm³/mol. The highest BCUT2D eigenvalue weighted by atomic mass is 19.1. The Hall–Kier alpha value is -1.78. The fourth-order valence-electron chi connectivity index (χ4n) is 1.18. The van der Waals surface area contributed by atoms with Gasteiger partial charge in [0.1, 0.15) is 5.82 Å². The zero-order chi connectivity index (χ0) is 12.0. The molecule has 0 unspecified atom stereocenters. The fraction of sp³-hybridized carbons (Fsp3) is 0.364. The molecule has 0 bridgehead atoms. The van der Waals surface area contributed by atoms with Crippen LogP contribution in [-0.4, -0.2) is 12.6 Å². The fourth-order valence-corrected chi connectivity index (χ4v) is 1.18. The standard InChI is InChI=1S/C11H16FN3O/c1-2-3-6-14-11(16)15-10-7-8(13)4-5-9(10)12/h4-5,7H,2-3,6,13H2,1H3,(H2,14,15,16). The van der Waals surface area contributed by atoms with Gasteiger partial charge >= 0.3 is 6.03 Å². The molecule has 1 aromatic rings. The molecule has 4 N–H and O–H groups in total. The first-order valence-corrected chi connectivity index (χ1v) is 5.23. The van der Waals surface area contributed by atoms with Gasteiger partial charge in [-0.05, 0) is 24.6 Å². The van der Waals surface area contributed by atoms with Crippen molar-refractivity contribution >= 4 is 17.4 Å². The van der Waals surface area contributed by atoms with Gasteiger partial charge in [0.05, 0.1) is 5.69 Å². The third-order valence-corrected chi connectivity index (χ3v) is 2.05. The Morgan fingerprint density at radius 1 is 1.50 bits per heavy atom. The van der Waals surface area contributed by atoms with E-state index in [4.69, 9.17) is 5.73 Å². The predicted octanol–water partition coefficient (Wildman–Crippen LogP) is 2.33. The smallest absolute Gasteiger partial charge is 0.319 e. The number of nitrogen functional groups attached to an aromatic ring is 1. The average Bonchev–Trinajstić information content (AvgIpc) is 2.24. The summed E-state index contributed by atoms with van der Waals surface area (Å²) >= 11 is 0. The van der Waals surface area contributed by atoms with Crippen LogP contribution in [0, 0.1) is 5.82 Å². The number of nitrogens with one attached hydrogen (secondary N) is 2. The van der Waals surface area contributed by atoms with Crippen molar-refractivity contribution in [3.05, 3.63) is 24.0 Å². The highest BCUT2D eigenvalue weighted by Crippen LogP contribution is 2.16. The van der Waals surface area contributed by atoms with Gasteiger partial charge in [0.15, 0.2) is 0 Å². The average molecular weight is 225 g/mol. The Balaban J connectivity index is 2.52. The topological polar surface area (TPSA) is 67.2 Å². The second-order valence-electron chi connectivity index (χ2n) is 3.47. The number of unbranched alkanes of at least 4 members (excludes halogenated alkanes) is 1. The molecule has 1 aromatic carbocycles. The molecule has 5 heteroatoms. The highest BCUT2D eigenvalue weighted by molar-refractivity contribution is 5.89.